The summed E-state index contributed by atoms with van der Waals surface area (Å²) in [6.07, 6.45) is -8.12. The van der Waals surface area contributed by atoms with Crippen molar-refractivity contribution < 1.29 is 60.1 Å². The second-order valence-electron chi connectivity index (χ2n) is 9.63. The third kappa shape index (κ3) is 13.4. The lowest BCUT2D eigenvalue weighted by Gasteiger charge is -2.17. The van der Waals surface area contributed by atoms with Crippen LogP contribution >= 0.6 is 11.3 Å². The quantitative estimate of drug-likeness (QED) is 0.121. The van der Waals surface area contributed by atoms with Gasteiger partial charge in [0.05, 0.1) is 16.0 Å². The van der Waals surface area contributed by atoms with Crippen LogP contribution in [0.1, 0.15) is 42.4 Å². The van der Waals surface area contributed by atoms with E-state index in [1.807, 2.05) is 13.8 Å². The molecule has 0 aliphatic heterocycles. The standard InChI is InChI=1S/C24H33FN6O2S.2C2HF3O2/c1-5-31(6-2)11-7-10-27-23(32)21-16(4)20-22(28-14-29-24(20)34-21)30-18-9-8-17(25)12-19(18)33-15(3)13-26;2*3-2(4,5)1(6)7/h8-9,12,14-15H,5-7,10-11,13,26H2,1-4H3,(H,27,32)(H,28,29,30);2*(H,6,7). The number of hydrogen-bond acceptors (Lipinski definition) is 10. The van der Waals surface area contributed by atoms with E-state index in [2.05, 4.69) is 39.3 Å². The summed E-state index contributed by atoms with van der Waals surface area (Å²) < 4.78 is 83.1. The molecule has 1 atom stereocenters. The molecule has 12 nitrogen and oxygen atoms in total. The SMILES string of the molecule is CCN(CC)CCCNC(=O)c1sc2ncnc(Nc3ccc(F)cc3OC(C)CN)c2c1C.O=C(O)C(F)(F)F.O=C(O)C(F)(F)F. The average Bonchev–Trinajstić information content (AvgIpc) is 3.35. The van der Waals surface area contributed by atoms with E-state index >= 15 is 0 Å². The summed E-state index contributed by atoms with van der Waals surface area (Å²) in [5.41, 5.74) is 7.01. The fourth-order valence-corrected chi connectivity index (χ4v) is 4.66. The van der Waals surface area contributed by atoms with Crippen molar-refractivity contribution in [2.45, 2.75) is 52.6 Å². The van der Waals surface area contributed by atoms with Gasteiger partial charge >= 0.3 is 24.3 Å². The number of nitrogens with two attached hydrogens (primary N) is 1. The molecule has 6 N–H and O–H groups in total. The predicted molar refractivity (Wildman–Crippen MR) is 163 cm³/mol. The minimum atomic E-state index is -5.08. The number of aliphatic carboxylic acids is 2. The molecule has 3 rings (SSSR count). The second-order valence-corrected chi connectivity index (χ2v) is 10.6. The molecular weight excluding hydrogens is 681 g/mol. The van der Waals surface area contributed by atoms with Crippen molar-refractivity contribution in [2.75, 3.05) is 38.0 Å². The van der Waals surface area contributed by atoms with Crippen LogP contribution in [-0.2, 0) is 9.59 Å². The zero-order chi connectivity index (χ0) is 36.8. The maximum Gasteiger partial charge on any atom is 0.490 e. The molecule has 0 aliphatic carbocycles. The van der Waals surface area contributed by atoms with E-state index in [1.54, 1.807) is 6.07 Å². The Bertz CT molecular complexity index is 1490. The zero-order valence-corrected chi connectivity index (χ0v) is 26.9. The van der Waals surface area contributed by atoms with Gasteiger partial charge in [-0.3, -0.25) is 4.79 Å². The number of aryl methyl sites for hydroxylation is 1. The molecule has 1 unspecified atom stereocenters. The van der Waals surface area contributed by atoms with Crippen molar-refractivity contribution in [3.63, 3.8) is 0 Å². The minimum absolute atomic E-state index is 0.117. The number of ether oxygens (including phenoxy) is 1. The number of anilines is 2. The smallest absolute Gasteiger partial charge is 0.487 e. The van der Waals surface area contributed by atoms with E-state index in [0.717, 1.165) is 37.0 Å². The van der Waals surface area contributed by atoms with E-state index < -0.39 is 30.1 Å². The highest BCUT2D eigenvalue weighted by atomic mass is 32.1. The summed E-state index contributed by atoms with van der Waals surface area (Å²) in [5.74, 6) is -5.18. The number of aromatic nitrogens is 2. The first-order valence-corrected chi connectivity index (χ1v) is 14.9. The number of hydrogen-bond donors (Lipinski definition) is 5. The maximum atomic E-state index is 13.9. The topological polar surface area (TPSA) is 180 Å². The predicted octanol–water partition coefficient (Wildman–Crippen LogP) is 5.34. The van der Waals surface area contributed by atoms with E-state index in [1.165, 1.54) is 29.8 Å². The molecule has 0 saturated carbocycles. The summed E-state index contributed by atoms with van der Waals surface area (Å²) >= 11 is 1.33. The van der Waals surface area contributed by atoms with Gasteiger partial charge in [-0.15, -0.1) is 11.3 Å². The van der Waals surface area contributed by atoms with Crippen molar-refractivity contribution in [3.05, 3.63) is 40.8 Å². The molecule has 1 aromatic carbocycles. The summed E-state index contributed by atoms with van der Waals surface area (Å²) in [6, 6.07) is 4.25. The van der Waals surface area contributed by atoms with Gasteiger partial charge in [-0.2, -0.15) is 26.3 Å². The summed E-state index contributed by atoms with van der Waals surface area (Å²) in [6.45, 7) is 11.8. The van der Waals surface area contributed by atoms with E-state index in [4.69, 9.17) is 30.3 Å². The number of carbonyl (C=O) groups excluding carboxylic acids is 1. The fourth-order valence-electron chi connectivity index (χ4n) is 3.60. The number of thiophene rings is 1. The number of carboxylic acid groups (broad SMARTS) is 2. The highest BCUT2D eigenvalue weighted by Crippen LogP contribution is 2.36. The maximum absolute atomic E-state index is 13.9. The number of nitrogens with zero attached hydrogens (tertiary/aromatic N) is 3. The Morgan fingerprint density at radius 2 is 1.60 bits per heavy atom. The van der Waals surface area contributed by atoms with Gasteiger partial charge in [0, 0.05) is 19.2 Å². The highest BCUT2D eigenvalue weighted by molar-refractivity contribution is 7.20. The molecule has 0 radical (unpaired) electrons. The minimum Gasteiger partial charge on any atom is -0.487 e. The van der Waals surface area contributed by atoms with Crippen molar-refractivity contribution in [1.29, 1.82) is 0 Å². The molecule has 20 heteroatoms. The molecule has 1 amide bonds. The Morgan fingerprint density at radius 1 is 1.04 bits per heavy atom. The van der Waals surface area contributed by atoms with Crippen molar-refractivity contribution in [1.82, 2.24) is 20.2 Å². The van der Waals surface area contributed by atoms with Gasteiger partial charge in [-0.05, 0) is 57.6 Å². The van der Waals surface area contributed by atoms with Crippen LogP contribution in [0.25, 0.3) is 10.2 Å². The number of carboxylic acids is 2. The molecule has 0 fully saturated rings. The number of carbonyl (C=O) groups is 3. The Kier molecular flexibility index (Phi) is 16.4. The van der Waals surface area contributed by atoms with Crippen LogP contribution in [0.2, 0.25) is 0 Å². The third-order valence-electron chi connectivity index (χ3n) is 6.11. The van der Waals surface area contributed by atoms with Crippen molar-refractivity contribution >= 4 is 50.9 Å². The van der Waals surface area contributed by atoms with Crippen LogP contribution < -0.4 is 21.1 Å². The molecule has 0 spiro atoms. The number of alkyl halides is 6. The number of benzene rings is 1. The molecule has 48 heavy (non-hydrogen) atoms. The first-order chi connectivity index (χ1) is 22.3. The van der Waals surface area contributed by atoms with Crippen LogP contribution in [0.5, 0.6) is 5.75 Å². The number of rotatable bonds is 12. The first-order valence-electron chi connectivity index (χ1n) is 14.0. The molecule has 0 bridgehead atoms. The zero-order valence-electron chi connectivity index (χ0n) is 26.1. The number of fused-ring (bicyclic) bond motifs is 1. The Morgan fingerprint density at radius 3 is 2.10 bits per heavy atom. The molecule has 2 heterocycles. The van der Waals surface area contributed by atoms with Gasteiger partial charge < -0.3 is 36.2 Å². The van der Waals surface area contributed by atoms with Gasteiger partial charge in [0.25, 0.3) is 5.91 Å². The van der Waals surface area contributed by atoms with Gasteiger partial charge in [0.1, 0.15) is 34.6 Å². The number of halogens is 7. The first kappa shape index (κ1) is 41.7. The Hall–Kier alpha value is -4.30. The lowest BCUT2D eigenvalue weighted by atomic mass is 10.2. The van der Waals surface area contributed by atoms with Crippen LogP contribution in [0.4, 0.5) is 42.2 Å². The van der Waals surface area contributed by atoms with Crippen LogP contribution in [0.15, 0.2) is 24.5 Å². The number of amides is 1. The molecule has 0 saturated heterocycles. The van der Waals surface area contributed by atoms with Crippen LogP contribution in [0.3, 0.4) is 0 Å². The Labute approximate surface area is 274 Å². The van der Waals surface area contributed by atoms with Crippen molar-refractivity contribution in [3.8, 4) is 5.75 Å². The molecule has 0 aliphatic rings. The Balaban J connectivity index is 0.000000687. The van der Waals surface area contributed by atoms with E-state index in [0.29, 0.717) is 40.1 Å². The van der Waals surface area contributed by atoms with Crippen LogP contribution in [0, 0.1) is 12.7 Å². The summed E-state index contributed by atoms with van der Waals surface area (Å²) in [4.78, 5) is 43.0. The molecule has 268 valence electrons. The number of nitrogens with one attached hydrogen (secondary N) is 2. The molecular formula is C28H35F7N6O6S. The summed E-state index contributed by atoms with van der Waals surface area (Å²) in [5, 5.41) is 21.3. The van der Waals surface area contributed by atoms with Gasteiger partial charge in [-0.25, -0.2) is 23.9 Å². The normalized spacial score (nSPS) is 11.9. The van der Waals surface area contributed by atoms with E-state index in [-0.39, 0.29) is 12.0 Å². The van der Waals surface area contributed by atoms with Gasteiger partial charge in [0.15, 0.2) is 0 Å². The fraction of sp³-hybridized carbons (Fsp3) is 0.464. The largest absolute Gasteiger partial charge is 0.490 e. The highest BCUT2D eigenvalue weighted by Gasteiger charge is 2.38. The van der Waals surface area contributed by atoms with Crippen molar-refractivity contribution in [2.24, 2.45) is 5.73 Å². The van der Waals surface area contributed by atoms with E-state index in [9.17, 15) is 35.5 Å². The average molecular weight is 717 g/mol. The lowest BCUT2D eigenvalue weighted by Crippen LogP contribution is -2.29. The third-order valence-corrected chi connectivity index (χ3v) is 7.30. The van der Waals surface area contributed by atoms with Crippen LogP contribution in [-0.4, -0.2) is 94.1 Å². The lowest BCUT2D eigenvalue weighted by molar-refractivity contribution is -0.193. The molecule has 3 aromatic rings. The summed E-state index contributed by atoms with van der Waals surface area (Å²) in [7, 11) is 0. The second kappa shape index (κ2) is 18.9. The molecule has 2 aromatic heterocycles. The monoisotopic (exact) mass is 716 g/mol. The van der Waals surface area contributed by atoms with Gasteiger partial charge in [0.2, 0.25) is 0 Å². The van der Waals surface area contributed by atoms with Gasteiger partial charge in [-0.1, -0.05) is 13.8 Å².